The highest BCUT2D eigenvalue weighted by Gasteiger charge is 2.23. The highest BCUT2D eigenvalue weighted by atomic mass is 16.5. The van der Waals surface area contributed by atoms with Crippen LogP contribution < -0.4 is 5.32 Å². The quantitative estimate of drug-likeness (QED) is 0.707. The van der Waals surface area contributed by atoms with E-state index < -0.39 is 0 Å². The Kier molecular flexibility index (Phi) is 7.39. The molecule has 0 bridgehead atoms. The summed E-state index contributed by atoms with van der Waals surface area (Å²) in [5, 5.41) is 2.80. The van der Waals surface area contributed by atoms with Gasteiger partial charge in [0, 0.05) is 13.7 Å². The van der Waals surface area contributed by atoms with Crippen LogP contribution in [0.15, 0.2) is 0 Å². The zero-order valence-electron chi connectivity index (χ0n) is 10.7. The number of methoxy groups -OCH3 is 1. The largest absolute Gasteiger partial charge is 0.381 e. The van der Waals surface area contributed by atoms with Crippen LogP contribution in [-0.2, 0) is 9.53 Å². The van der Waals surface area contributed by atoms with Gasteiger partial charge in [0.05, 0.1) is 12.5 Å². The van der Waals surface area contributed by atoms with Crippen molar-refractivity contribution >= 4 is 5.91 Å². The third-order valence-corrected chi connectivity index (χ3v) is 3.19. The van der Waals surface area contributed by atoms with Crippen LogP contribution in [0.25, 0.3) is 0 Å². The maximum absolute atomic E-state index is 11.4. The lowest BCUT2D eigenvalue weighted by molar-refractivity contribution is -0.124. The van der Waals surface area contributed by atoms with E-state index in [4.69, 9.17) is 4.74 Å². The Morgan fingerprint density at radius 3 is 2.33 bits per heavy atom. The summed E-state index contributed by atoms with van der Waals surface area (Å²) in [7, 11) is 1.68. The van der Waals surface area contributed by atoms with Crippen molar-refractivity contribution in [1.29, 1.82) is 0 Å². The molecule has 0 aromatic carbocycles. The first-order valence-corrected chi connectivity index (χ1v) is 5.86. The fraction of sp³-hybridized carbons (Fsp3) is 0.917. The number of ether oxygens (including phenoxy) is 1. The van der Waals surface area contributed by atoms with Gasteiger partial charge < -0.3 is 10.1 Å². The lowest BCUT2D eigenvalue weighted by atomic mass is 9.87. The molecule has 90 valence electrons. The molecular formula is C12H25NO2. The van der Waals surface area contributed by atoms with E-state index in [1.54, 1.807) is 7.11 Å². The molecule has 1 amide bonds. The van der Waals surface area contributed by atoms with Crippen LogP contribution in [0.2, 0.25) is 0 Å². The predicted octanol–water partition coefficient (Wildman–Crippen LogP) is 2.21. The van der Waals surface area contributed by atoms with Gasteiger partial charge in [0.2, 0.25) is 5.91 Å². The normalized spacial score (nSPS) is 16.9. The van der Waals surface area contributed by atoms with E-state index in [9.17, 15) is 4.79 Å². The molecule has 0 fully saturated rings. The Bertz CT molecular complexity index is 182. The molecule has 0 saturated heterocycles. The Balaban J connectivity index is 4.17. The number of carbonyl (C=O) groups excluding carboxylic acids is 1. The van der Waals surface area contributed by atoms with E-state index in [-0.39, 0.29) is 12.0 Å². The van der Waals surface area contributed by atoms with E-state index in [0.717, 1.165) is 6.42 Å². The minimum Gasteiger partial charge on any atom is -0.381 e. The molecule has 0 aromatic rings. The minimum atomic E-state index is 0.0338. The van der Waals surface area contributed by atoms with Crippen LogP contribution in [0.3, 0.4) is 0 Å². The highest BCUT2D eigenvalue weighted by molar-refractivity contribution is 5.76. The molecule has 0 saturated carbocycles. The third kappa shape index (κ3) is 5.17. The lowest BCUT2D eigenvalue weighted by Crippen LogP contribution is -2.33. The highest BCUT2D eigenvalue weighted by Crippen LogP contribution is 2.22. The Labute approximate surface area is 93.6 Å². The summed E-state index contributed by atoms with van der Waals surface area (Å²) in [6.45, 7) is 9.14. The van der Waals surface area contributed by atoms with Crippen molar-refractivity contribution in [3.05, 3.63) is 0 Å². The first kappa shape index (κ1) is 14.4. The fourth-order valence-corrected chi connectivity index (χ4v) is 1.67. The van der Waals surface area contributed by atoms with E-state index in [2.05, 4.69) is 26.1 Å². The first-order valence-electron chi connectivity index (χ1n) is 5.86. The van der Waals surface area contributed by atoms with Crippen LogP contribution in [0.4, 0.5) is 0 Å². The Hall–Kier alpha value is -0.570. The van der Waals surface area contributed by atoms with Gasteiger partial charge in [0.25, 0.3) is 0 Å². The van der Waals surface area contributed by atoms with Crippen LogP contribution in [0, 0.1) is 11.8 Å². The van der Waals surface area contributed by atoms with Crippen LogP contribution in [-0.4, -0.2) is 25.7 Å². The average Bonchev–Trinajstić information content (AvgIpc) is 2.24. The molecule has 0 spiro atoms. The van der Waals surface area contributed by atoms with Crippen molar-refractivity contribution in [3.63, 3.8) is 0 Å². The van der Waals surface area contributed by atoms with Gasteiger partial charge in [-0.05, 0) is 18.8 Å². The van der Waals surface area contributed by atoms with E-state index in [1.165, 1.54) is 0 Å². The predicted molar refractivity (Wildman–Crippen MR) is 62.7 cm³/mol. The summed E-state index contributed by atoms with van der Waals surface area (Å²) in [4.78, 5) is 11.4. The molecule has 1 unspecified atom stereocenters. The molecule has 1 N–H and O–H groups in total. The molecule has 15 heavy (non-hydrogen) atoms. The van der Waals surface area contributed by atoms with E-state index >= 15 is 0 Å². The number of carbonyl (C=O) groups is 1. The Morgan fingerprint density at radius 2 is 1.93 bits per heavy atom. The smallest absolute Gasteiger partial charge is 0.222 e. The van der Waals surface area contributed by atoms with Gasteiger partial charge in [-0.15, -0.1) is 0 Å². The SMILES string of the molecule is CCNC(=O)C[C@@H](OC)C(C)[C@@H](C)CC. The summed E-state index contributed by atoms with van der Waals surface area (Å²) in [5.74, 6) is 1.09. The van der Waals surface area contributed by atoms with E-state index in [1.807, 2.05) is 6.92 Å². The molecule has 3 atom stereocenters. The van der Waals surface area contributed by atoms with Crippen LogP contribution in [0.5, 0.6) is 0 Å². The summed E-state index contributed by atoms with van der Waals surface area (Å²) in [6.07, 6.45) is 1.62. The zero-order chi connectivity index (χ0) is 11.8. The molecule has 0 aliphatic carbocycles. The number of hydrogen-bond donors (Lipinski definition) is 1. The fourth-order valence-electron chi connectivity index (χ4n) is 1.67. The number of amides is 1. The molecule has 0 heterocycles. The van der Waals surface area contributed by atoms with Gasteiger partial charge in [-0.2, -0.15) is 0 Å². The molecule has 0 aliphatic rings. The van der Waals surface area contributed by atoms with Crippen LogP contribution in [0.1, 0.15) is 40.5 Å². The standard InChI is InChI=1S/C12H25NO2/c1-6-9(3)10(4)11(15-5)8-12(14)13-7-2/h9-11H,6-8H2,1-5H3,(H,13,14)/t9-,10?,11+/m0/s1. The third-order valence-electron chi connectivity index (χ3n) is 3.19. The second kappa shape index (κ2) is 7.69. The second-order valence-electron chi connectivity index (χ2n) is 4.18. The van der Waals surface area contributed by atoms with Crippen molar-refractivity contribution in [2.75, 3.05) is 13.7 Å². The van der Waals surface area contributed by atoms with Gasteiger partial charge in [-0.25, -0.2) is 0 Å². The monoisotopic (exact) mass is 215 g/mol. The number of hydrogen-bond acceptors (Lipinski definition) is 2. The van der Waals surface area contributed by atoms with Gasteiger partial charge in [-0.3, -0.25) is 4.79 Å². The summed E-state index contributed by atoms with van der Waals surface area (Å²) in [5.41, 5.74) is 0. The molecule has 0 aromatic heterocycles. The molecular weight excluding hydrogens is 190 g/mol. The van der Waals surface area contributed by atoms with Crippen molar-refractivity contribution in [2.24, 2.45) is 11.8 Å². The van der Waals surface area contributed by atoms with Crippen molar-refractivity contribution in [1.82, 2.24) is 5.32 Å². The Morgan fingerprint density at radius 1 is 1.33 bits per heavy atom. The van der Waals surface area contributed by atoms with E-state index in [0.29, 0.717) is 24.8 Å². The summed E-state index contributed by atoms with van der Waals surface area (Å²) >= 11 is 0. The van der Waals surface area contributed by atoms with Crippen molar-refractivity contribution in [3.8, 4) is 0 Å². The molecule has 0 aliphatic heterocycles. The maximum Gasteiger partial charge on any atom is 0.222 e. The van der Waals surface area contributed by atoms with Crippen molar-refractivity contribution < 1.29 is 9.53 Å². The molecule has 0 radical (unpaired) electrons. The average molecular weight is 215 g/mol. The first-order chi connectivity index (χ1) is 7.06. The minimum absolute atomic E-state index is 0.0338. The topological polar surface area (TPSA) is 38.3 Å². The number of nitrogens with one attached hydrogen (secondary N) is 1. The van der Waals surface area contributed by atoms with Crippen molar-refractivity contribution in [2.45, 2.75) is 46.6 Å². The van der Waals surface area contributed by atoms with Crippen LogP contribution >= 0.6 is 0 Å². The summed E-state index contributed by atoms with van der Waals surface area (Å²) in [6, 6.07) is 0. The molecule has 3 heteroatoms. The lowest BCUT2D eigenvalue weighted by Gasteiger charge is -2.26. The number of rotatable bonds is 7. The molecule has 0 rings (SSSR count). The second-order valence-corrected chi connectivity index (χ2v) is 4.18. The zero-order valence-corrected chi connectivity index (χ0v) is 10.7. The van der Waals surface area contributed by atoms with Gasteiger partial charge in [0.15, 0.2) is 0 Å². The van der Waals surface area contributed by atoms with Gasteiger partial charge in [-0.1, -0.05) is 27.2 Å². The maximum atomic E-state index is 11.4. The van der Waals surface area contributed by atoms with Gasteiger partial charge in [0.1, 0.15) is 0 Å². The molecule has 3 nitrogen and oxygen atoms in total. The van der Waals surface area contributed by atoms with Gasteiger partial charge >= 0.3 is 0 Å². The summed E-state index contributed by atoms with van der Waals surface area (Å²) < 4.78 is 5.39.